The molecule has 2 N–H and O–H groups in total. The van der Waals surface area contributed by atoms with Crippen LogP contribution in [0.3, 0.4) is 0 Å². The fourth-order valence-electron chi connectivity index (χ4n) is 7.14. The lowest BCUT2D eigenvalue weighted by Gasteiger charge is -2.57. The van der Waals surface area contributed by atoms with Gasteiger partial charge in [-0.2, -0.15) is 13.2 Å². The number of alkyl halides is 3. The Bertz CT molecular complexity index is 821. The molecule has 0 aliphatic heterocycles. The topological polar surface area (TPSA) is 77.2 Å². The molecule has 3 fully saturated rings. The number of fused-ring (bicyclic) bond motifs is 5. The summed E-state index contributed by atoms with van der Waals surface area (Å²) in [7, 11) is -5.61. The summed E-state index contributed by atoms with van der Waals surface area (Å²) >= 11 is 0. The minimum absolute atomic E-state index is 0.0198. The van der Waals surface area contributed by atoms with Crippen molar-refractivity contribution in [3.63, 3.8) is 0 Å². The van der Waals surface area contributed by atoms with Crippen molar-refractivity contribution in [1.82, 2.24) is 0 Å². The van der Waals surface area contributed by atoms with Crippen LogP contribution < -0.4 is 5.73 Å². The Morgan fingerprint density at radius 2 is 1.86 bits per heavy atom. The molecule has 0 amide bonds. The third-order valence-corrected chi connectivity index (χ3v) is 10.2. The zero-order valence-electron chi connectivity index (χ0n) is 16.1. The minimum atomic E-state index is -5.61. The van der Waals surface area contributed by atoms with Gasteiger partial charge in [0.25, 0.3) is 9.84 Å². The standard InChI is InChI=1S/C20H28F3NO3S/c1-18-10-3-2-4-12(18)5-6-13-14(18)9-11-19(15(13)7-8-16(19)25)17(24)28(26,27)20(21,22)23/h5,13-15,17H,2-4,6-11,24H2,1H3/t13-,14+,15+,17?,18+,19-/m1/s1. The lowest BCUT2D eigenvalue weighted by Crippen LogP contribution is -2.61. The molecular formula is C20H28F3NO3S. The third kappa shape index (κ3) is 2.52. The Hall–Kier alpha value is -0.890. The van der Waals surface area contributed by atoms with Gasteiger partial charge in [-0.25, -0.2) is 8.42 Å². The highest BCUT2D eigenvalue weighted by molar-refractivity contribution is 7.92. The molecule has 0 saturated heterocycles. The molecule has 0 spiro atoms. The number of carbonyl (C=O) groups is 1. The van der Waals surface area contributed by atoms with Crippen molar-refractivity contribution in [1.29, 1.82) is 0 Å². The monoisotopic (exact) mass is 419 g/mol. The van der Waals surface area contributed by atoms with Crippen molar-refractivity contribution in [2.24, 2.45) is 34.3 Å². The van der Waals surface area contributed by atoms with Gasteiger partial charge in [-0.3, -0.25) is 4.79 Å². The van der Waals surface area contributed by atoms with Gasteiger partial charge < -0.3 is 5.73 Å². The molecule has 0 bridgehead atoms. The zero-order valence-corrected chi connectivity index (χ0v) is 16.9. The van der Waals surface area contributed by atoms with Gasteiger partial charge in [-0.05, 0) is 68.1 Å². The van der Waals surface area contributed by atoms with Crippen LogP contribution in [0.2, 0.25) is 0 Å². The van der Waals surface area contributed by atoms with Crippen molar-refractivity contribution < 1.29 is 26.4 Å². The van der Waals surface area contributed by atoms with Crippen LogP contribution in [0.5, 0.6) is 0 Å². The molecule has 8 heteroatoms. The van der Waals surface area contributed by atoms with Crippen LogP contribution in [-0.4, -0.2) is 25.1 Å². The van der Waals surface area contributed by atoms with Crippen LogP contribution in [0, 0.1) is 28.6 Å². The molecule has 6 atom stereocenters. The SMILES string of the molecule is C[C@]12CCCCC1=CC[C@@H]1[C@@H]2CC[C@]2(C(N)S(=O)(=O)C(F)(F)F)C(=O)CC[C@@H]12. The lowest BCUT2D eigenvalue weighted by molar-refractivity contribution is -0.134. The van der Waals surface area contributed by atoms with E-state index in [9.17, 15) is 26.4 Å². The summed E-state index contributed by atoms with van der Waals surface area (Å²) < 4.78 is 64.1. The molecule has 4 aliphatic carbocycles. The smallest absolute Gasteiger partial charge is 0.314 e. The number of nitrogens with two attached hydrogens (primary N) is 1. The van der Waals surface area contributed by atoms with Gasteiger partial charge in [0.05, 0.1) is 5.41 Å². The summed E-state index contributed by atoms with van der Waals surface area (Å²) in [6, 6.07) is 0. The Kier molecular flexibility index (Phi) is 4.59. The summed E-state index contributed by atoms with van der Waals surface area (Å²) in [4.78, 5) is 12.9. The summed E-state index contributed by atoms with van der Waals surface area (Å²) in [6.45, 7) is 2.25. The fourth-order valence-corrected chi connectivity index (χ4v) is 8.40. The molecule has 0 heterocycles. The highest BCUT2D eigenvalue weighted by atomic mass is 32.2. The number of hydrogen-bond donors (Lipinski definition) is 1. The number of halogens is 3. The first-order valence-corrected chi connectivity index (χ1v) is 11.8. The first kappa shape index (κ1) is 20.4. The molecule has 4 nitrogen and oxygen atoms in total. The van der Waals surface area contributed by atoms with Crippen molar-refractivity contribution in [3.05, 3.63) is 11.6 Å². The van der Waals surface area contributed by atoms with Gasteiger partial charge in [0.15, 0.2) is 0 Å². The maximum Gasteiger partial charge on any atom is 0.498 e. The van der Waals surface area contributed by atoms with E-state index in [2.05, 4.69) is 13.0 Å². The Morgan fingerprint density at radius 1 is 1.14 bits per heavy atom. The van der Waals surface area contributed by atoms with Crippen LogP contribution in [-0.2, 0) is 14.6 Å². The Labute approximate surface area is 164 Å². The average molecular weight is 420 g/mol. The molecule has 1 unspecified atom stereocenters. The van der Waals surface area contributed by atoms with Gasteiger partial charge >= 0.3 is 5.51 Å². The van der Waals surface area contributed by atoms with E-state index in [0.29, 0.717) is 19.3 Å². The average Bonchev–Trinajstić information content (AvgIpc) is 2.97. The summed E-state index contributed by atoms with van der Waals surface area (Å²) in [5.74, 6) is -0.457. The van der Waals surface area contributed by atoms with E-state index >= 15 is 0 Å². The van der Waals surface area contributed by atoms with Gasteiger partial charge in [0, 0.05) is 6.42 Å². The summed E-state index contributed by atoms with van der Waals surface area (Å²) in [6.07, 6.45) is 8.66. The van der Waals surface area contributed by atoms with Gasteiger partial charge in [-0.1, -0.05) is 25.0 Å². The molecule has 3 saturated carbocycles. The number of hydrogen-bond acceptors (Lipinski definition) is 4. The number of sulfone groups is 1. The molecule has 0 aromatic carbocycles. The molecule has 0 aromatic rings. The van der Waals surface area contributed by atoms with E-state index in [1.165, 1.54) is 12.0 Å². The maximum atomic E-state index is 13.2. The van der Waals surface area contributed by atoms with Crippen LogP contribution >= 0.6 is 0 Å². The van der Waals surface area contributed by atoms with Crippen molar-refractivity contribution >= 4 is 15.6 Å². The maximum absolute atomic E-state index is 13.2. The van der Waals surface area contributed by atoms with E-state index in [1.54, 1.807) is 0 Å². The normalized spacial score (nSPS) is 42.2. The number of carbonyl (C=O) groups excluding carboxylic acids is 1. The molecule has 158 valence electrons. The van der Waals surface area contributed by atoms with E-state index in [1.807, 2.05) is 0 Å². The number of rotatable bonds is 2. The highest BCUT2D eigenvalue weighted by Gasteiger charge is 2.67. The zero-order chi connectivity index (χ0) is 20.5. The summed E-state index contributed by atoms with van der Waals surface area (Å²) in [5.41, 5.74) is 0.254. The first-order chi connectivity index (χ1) is 13.0. The third-order valence-electron chi connectivity index (χ3n) is 8.51. The molecule has 0 aromatic heterocycles. The van der Waals surface area contributed by atoms with Crippen LogP contribution in [0.15, 0.2) is 11.6 Å². The van der Waals surface area contributed by atoms with Crippen molar-refractivity contribution in [3.8, 4) is 0 Å². The van der Waals surface area contributed by atoms with Crippen molar-refractivity contribution in [2.75, 3.05) is 0 Å². The Balaban J connectivity index is 1.75. The van der Waals surface area contributed by atoms with Gasteiger partial charge in [0.1, 0.15) is 11.2 Å². The van der Waals surface area contributed by atoms with E-state index in [0.717, 1.165) is 19.3 Å². The second-order valence-electron chi connectivity index (χ2n) is 9.42. The molecule has 28 heavy (non-hydrogen) atoms. The fraction of sp³-hybridized carbons (Fsp3) is 0.850. The largest absolute Gasteiger partial charge is 0.498 e. The number of Topliss-reactive ketones (excluding diaryl/α,β-unsaturated/α-hetero) is 1. The lowest BCUT2D eigenvalue weighted by atomic mass is 9.48. The highest BCUT2D eigenvalue weighted by Crippen LogP contribution is 2.65. The Morgan fingerprint density at radius 3 is 2.54 bits per heavy atom. The van der Waals surface area contributed by atoms with Crippen LogP contribution in [0.25, 0.3) is 0 Å². The quantitative estimate of drug-likeness (QED) is 0.684. The van der Waals surface area contributed by atoms with Crippen LogP contribution in [0.4, 0.5) is 13.2 Å². The number of ketones is 1. The van der Waals surface area contributed by atoms with Crippen LogP contribution in [0.1, 0.15) is 64.7 Å². The molecule has 0 radical (unpaired) electrons. The predicted molar refractivity (Wildman–Crippen MR) is 98.6 cm³/mol. The minimum Gasteiger partial charge on any atom is -0.314 e. The second kappa shape index (κ2) is 6.30. The van der Waals surface area contributed by atoms with E-state index in [4.69, 9.17) is 5.73 Å². The molecule has 4 aliphatic rings. The van der Waals surface area contributed by atoms with Gasteiger partial charge in [-0.15, -0.1) is 0 Å². The molecular weight excluding hydrogens is 391 g/mol. The molecule has 4 rings (SSSR count). The number of allylic oxidation sites excluding steroid dienone is 2. The van der Waals surface area contributed by atoms with E-state index in [-0.39, 0.29) is 41.8 Å². The predicted octanol–water partition coefficient (Wildman–Crippen LogP) is 4.11. The first-order valence-electron chi connectivity index (χ1n) is 10.2. The summed E-state index contributed by atoms with van der Waals surface area (Å²) in [5, 5.41) is -2.20. The van der Waals surface area contributed by atoms with Crippen molar-refractivity contribution in [2.45, 2.75) is 75.6 Å². The van der Waals surface area contributed by atoms with E-state index < -0.39 is 26.1 Å². The second-order valence-corrected chi connectivity index (χ2v) is 11.5. The van der Waals surface area contributed by atoms with Gasteiger partial charge in [0.2, 0.25) is 0 Å².